The van der Waals surface area contributed by atoms with Gasteiger partial charge in [-0.3, -0.25) is 0 Å². The van der Waals surface area contributed by atoms with Gasteiger partial charge in [0.1, 0.15) is 0 Å². The summed E-state index contributed by atoms with van der Waals surface area (Å²) >= 11 is 0. The fourth-order valence-corrected chi connectivity index (χ4v) is 2.57. The Kier molecular flexibility index (Phi) is 3.11. The number of fused-ring (bicyclic) bond motifs is 1. The predicted octanol–water partition coefficient (Wildman–Crippen LogP) is -0.0740. The first-order valence-electron chi connectivity index (χ1n) is 6.46. The fraction of sp³-hybridized carbons (Fsp3) is 0.308. The number of rotatable bonds is 2. The van der Waals surface area contributed by atoms with Crippen molar-refractivity contribution in [1.82, 2.24) is 15.0 Å². The van der Waals surface area contributed by atoms with E-state index in [1.54, 1.807) is 0 Å². The van der Waals surface area contributed by atoms with Crippen LogP contribution in [0.25, 0.3) is 0 Å². The Morgan fingerprint density at radius 1 is 1.10 bits per heavy atom. The fourth-order valence-electron chi connectivity index (χ4n) is 2.57. The lowest BCUT2D eigenvalue weighted by atomic mass is 9.98. The lowest BCUT2D eigenvalue weighted by Crippen LogP contribution is -2.43. The lowest BCUT2D eigenvalue weighted by molar-refractivity contribution is 0.591. The largest absolute Gasteiger partial charge is 0.368 e. The van der Waals surface area contributed by atoms with Gasteiger partial charge in [0.15, 0.2) is 5.82 Å². The van der Waals surface area contributed by atoms with Gasteiger partial charge in [0.05, 0.1) is 6.54 Å². The van der Waals surface area contributed by atoms with Crippen LogP contribution >= 0.6 is 0 Å². The van der Waals surface area contributed by atoms with E-state index in [-0.39, 0.29) is 17.9 Å². The number of nitrogens with two attached hydrogens (primary N) is 3. The second kappa shape index (κ2) is 4.93. The normalized spacial score (nSPS) is 17.9. The maximum absolute atomic E-state index is 6.11. The SMILES string of the molecule is Nc1nc(N)nc(CN2CC(N)Cc3ccccc32)n1. The molecule has 1 aromatic carbocycles. The van der Waals surface area contributed by atoms with E-state index in [0.717, 1.165) is 18.7 Å². The molecule has 1 aromatic heterocycles. The zero-order chi connectivity index (χ0) is 14.1. The maximum atomic E-state index is 6.11. The number of hydrogen-bond donors (Lipinski definition) is 3. The number of benzene rings is 1. The van der Waals surface area contributed by atoms with Gasteiger partial charge in [-0.1, -0.05) is 18.2 Å². The monoisotopic (exact) mass is 271 g/mol. The van der Waals surface area contributed by atoms with Crippen molar-refractivity contribution in [2.24, 2.45) is 5.73 Å². The zero-order valence-corrected chi connectivity index (χ0v) is 11.0. The molecule has 6 N–H and O–H groups in total. The average Bonchev–Trinajstić information content (AvgIpc) is 2.37. The minimum Gasteiger partial charge on any atom is -0.368 e. The van der Waals surface area contributed by atoms with Crippen LogP contribution in [-0.2, 0) is 13.0 Å². The van der Waals surface area contributed by atoms with Crippen molar-refractivity contribution in [3.63, 3.8) is 0 Å². The average molecular weight is 271 g/mol. The van der Waals surface area contributed by atoms with E-state index in [9.17, 15) is 0 Å². The standard InChI is InChI=1S/C13H17N7/c14-9-5-8-3-1-2-4-10(8)20(6-9)7-11-17-12(15)19-13(16)18-11/h1-4,9H,5-7,14H2,(H4,15,16,17,18,19). The summed E-state index contributed by atoms with van der Waals surface area (Å²) in [6.07, 6.45) is 0.883. The molecule has 0 aliphatic carbocycles. The van der Waals surface area contributed by atoms with Crippen molar-refractivity contribution in [3.05, 3.63) is 35.7 Å². The lowest BCUT2D eigenvalue weighted by Gasteiger charge is -2.34. The van der Waals surface area contributed by atoms with E-state index in [1.165, 1.54) is 5.56 Å². The van der Waals surface area contributed by atoms with Crippen LogP contribution in [0.15, 0.2) is 24.3 Å². The second-order valence-electron chi connectivity index (χ2n) is 4.94. The van der Waals surface area contributed by atoms with Crippen molar-refractivity contribution < 1.29 is 0 Å². The van der Waals surface area contributed by atoms with Gasteiger partial charge in [-0.05, 0) is 18.1 Å². The molecule has 0 radical (unpaired) electrons. The highest BCUT2D eigenvalue weighted by atomic mass is 15.2. The van der Waals surface area contributed by atoms with Crippen LogP contribution in [0.2, 0.25) is 0 Å². The molecule has 0 saturated heterocycles. The highest BCUT2D eigenvalue weighted by molar-refractivity contribution is 5.56. The van der Waals surface area contributed by atoms with E-state index < -0.39 is 0 Å². The summed E-state index contributed by atoms with van der Waals surface area (Å²) in [7, 11) is 0. The number of nitrogens with zero attached hydrogens (tertiary/aromatic N) is 4. The molecular formula is C13H17N7. The molecule has 20 heavy (non-hydrogen) atoms. The van der Waals surface area contributed by atoms with Crippen molar-refractivity contribution in [1.29, 1.82) is 0 Å². The topological polar surface area (TPSA) is 120 Å². The van der Waals surface area contributed by atoms with E-state index in [2.05, 4.69) is 32.0 Å². The molecule has 1 atom stereocenters. The van der Waals surface area contributed by atoms with Crippen LogP contribution in [0.3, 0.4) is 0 Å². The molecule has 0 spiro atoms. The van der Waals surface area contributed by atoms with Gasteiger partial charge in [0, 0.05) is 18.3 Å². The molecule has 3 rings (SSSR count). The third kappa shape index (κ3) is 2.48. The molecule has 1 aliphatic rings. The minimum atomic E-state index is 0.0985. The molecule has 0 saturated carbocycles. The Hall–Kier alpha value is -2.41. The minimum absolute atomic E-state index is 0.0985. The molecule has 0 fully saturated rings. The number of nitrogen functional groups attached to an aromatic ring is 2. The highest BCUT2D eigenvalue weighted by Gasteiger charge is 2.22. The maximum Gasteiger partial charge on any atom is 0.225 e. The van der Waals surface area contributed by atoms with Crippen LogP contribution in [0, 0.1) is 0 Å². The van der Waals surface area contributed by atoms with Gasteiger partial charge in [-0.15, -0.1) is 0 Å². The van der Waals surface area contributed by atoms with E-state index >= 15 is 0 Å². The summed E-state index contributed by atoms with van der Waals surface area (Å²) in [4.78, 5) is 14.2. The van der Waals surface area contributed by atoms with Gasteiger partial charge in [0.25, 0.3) is 0 Å². The Morgan fingerprint density at radius 2 is 1.80 bits per heavy atom. The predicted molar refractivity (Wildman–Crippen MR) is 77.8 cm³/mol. The first kappa shape index (κ1) is 12.6. The first-order valence-corrected chi connectivity index (χ1v) is 6.46. The van der Waals surface area contributed by atoms with Crippen molar-refractivity contribution in [3.8, 4) is 0 Å². The highest BCUT2D eigenvalue weighted by Crippen LogP contribution is 2.27. The van der Waals surface area contributed by atoms with E-state index in [4.69, 9.17) is 17.2 Å². The molecule has 1 unspecified atom stereocenters. The molecule has 2 aromatic rings. The number of anilines is 3. The zero-order valence-electron chi connectivity index (χ0n) is 11.0. The van der Waals surface area contributed by atoms with Crippen molar-refractivity contribution >= 4 is 17.6 Å². The van der Waals surface area contributed by atoms with Gasteiger partial charge >= 0.3 is 0 Å². The molecule has 1 aliphatic heterocycles. The summed E-state index contributed by atoms with van der Waals surface area (Å²) in [5, 5.41) is 0. The Bertz CT molecular complexity index is 608. The van der Waals surface area contributed by atoms with Gasteiger partial charge in [-0.2, -0.15) is 15.0 Å². The molecule has 104 valence electrons. The van der Waals surface area contributed by atoms with Crippen LogP contribution in [-0.4, -0.2) is 27.5 Å². The Labute approximate surface area is 116 Å². The Balaban J connectivity index is 1.91. The smallest absolute Gasteiger partial charge is 0.225 e. The molecule has 7 heteroatoms. The number of hydrogen-bond acceptors (Lipinski definition) is 7. The molecule has 2 heterocycles. The van der Waals surface area contributed by atoms with Crippen LogP contribution in [0.1, 0.15) is 11.4 Å². The van der Waals surface area contributed by atoms with Crippen LogP contribution in [0.4, 0.5) is 17.6 Å². The third-order valence-electron chi connectivity index (χ3n) is 3.32. The molecule has 0 bridgehead atoms. The van der Waals surface area contributed by atoms with E-state index in [0.29, 0.717) is 12.4 Å². The summed E-state index contributed by atoms with van der Waals surface area (Å²) in [6.45, 7) is 1.27. The second-order valence-corrected chi connectivity index (χ2v) is 4.94. The first-order chi connectivity index (χ1) is 9.61. The van der Waals surface area contributed by atoms with Crippen LogP contribution < -0.4 is 22.1 Å². The quantitative estimate of drug-likeness (QED) is 0.699. The van der Waals surface area contributed by atoms with Gasteiger partial charge < -0.3 is 22.1 Å². The molecular weight excluding hydrogens is 254 g/mol. The van der Waals surface area contributed by atoms with Crippen LogP contribution in [0.5, 0.6) is 0 Å². The van der Waals surface area contributed by atoms with Crippen molar-refractivity contribution in [2.75, 3.05) is 22.9 Å². The van der Waals surface area contributed by atoms with Crippen molar-refractivity contribution in [2.45, 2.75) is 19.0 Å². The number of aromatic nitrogens is 3. The summed E-state index contributed by atoms with van der Waals surface area (Å²) in [5.74, 6) is 0.836. The summed E-state index contributed by atoms with van der Waals surface area (Å²) in [6, 6.07) is 8.31. The summed E-state index contributed by atoms with van der Waals surface area (Å²) in [5.41, 5.74) is 19.7. The molecule has 0 amide bonds. The summed E-state index contributed by atoms with van der Waals surface area (Å²) < 4.78 is 0. The van der Waals surface area contributed by atoms with Gasteiger partial charge in [0.2, 0.25) is 11.9 Å². The molecule has 7 nitrogen and oxygen atoms in total. The Morgan fingerprint density at radius 3 is 2.55 bits per heavy atom. The van der Waals surface area contributed by atoms with Gasteiger partial charge in [-0.25, -0.2) is 0 Å². The third-order valence-corrected chi connectivity index (χ3v) is 3.32. The number of para-hydroxylation sites is 1. The van der Waals surface area contributed by atoms with E-state index in [1.807, 2.05) is 12.1 Å².